The molecule has 1 unspecified atom stereocenters. The van der Waals surface area contributed by atoms with Crippen LogP contribution < -0.4 is 5.32 Å². The Bertz CT molecular complexity index is 476. The Morgan fingerprint density at radius 2 is 2.24 bits per heavy atom. The summed E-state index contributed by atoms with van der Waals surface area (Å²) in [6.45, 7) is 1.09. The van der Waals surface area contributed by atoms with Gasteiger partial charge < -0.3 is 9.84 Å². The zero-order valence-corrected chi connectivity index (χ0v) is 9.47. The van der Waals surface area contributed by atoms with Gasteiger partial charge in [-0.15, -0.1) is 0 Å². The fourth-order valence-corrected chi connectivity index (χ4v) is 2.10. The van der Waals surface area contributed by atoms with Crippen molar-refractivity contribution >= 4 is 0 Å². The zero-order valence-electron chi connectivity index (χ0n) is 9.47. The topological polar surface area (TPSA) is 63.8 Å². The van der Waals surface area contributed by atoms with E-state index in [4.69, 9.17) is 4.52 Å². The molecule has 1 saturated heterocycles. The molecule has 1 atom stereocenters. The average Bonchev–Trinajstić information content (AvgIpc) is 3.02. The van der Waals surface area contributed by atoms with Gasteiger partial charge in [0.2, 0.25) is 11.7 Å². The van der Waals surface area contributed by atoms with Crippen molar-refractivity contribution in [2.75, 3.05) is 6.54 Å². The summed E-state index contributed by atoms with van der Waals surface area (Å²) >= 11 is 0. The highest BCUT2D eigenvalue weighted by atomic mass is 16.5. The smallest absolute Gasteiger partial charge is 0.228 e. The molecule has 0 bridgehead atoms. The molecule has 0 saturated carbocycles. The van der Waals surface area contributed by atoms with Gasteiger partial charge in [-0.3, -0.25) is 4.98 Å². The predicted molar refractivity (Wildman–Crippen MR) is 62.3 cm³/mol. The maximum atomic E-state index is 5.26. The van der Waals surface area contributed by atoms with E-state index < -0.39 is 0 Å². The third kappa shape index (κ3) is 2.34. The lowest BCUT2D eigenvalue weighted by molar-refractivity contribution is 0.364. The molecule has 17 heavy (non-hydrogen) atoms. The number of pyridine rings is 1. The van der Waals surface area contributed by atoms with Crippen LogP contribution in [0.15, 0.2) is 29.0 Å². The zero-order chi connectivity index (χ0) is 11.5. The van der Waals surface area contributed by atoms with E-state index in [2.05, 4.69) is 20.4 Å². The second-order valence-electron chi connectivity index (χ2n) is 4.25. The van der Waals surface area contributed by atoms with Crippen LogP contribution in [-0.4, -0.2) is 27.7 Å². The van der Waals surface area contributed by atoms with Crippen LogP contribution in [0.2, 0.25) is 0 Å². The van der Waals surface area contributed by atoms with Crippen molar-refractivity contribution in [2.45, 2.75) is 25.3 Å². The quantitative estimate of drug-likeness (QED) is 0.864. The van der Waals surface area contributed by atoms with Gasteiger partial charge >= 0.3 is 0 Å². The summed E-state index contributed by atoms with van der Waals surface area (Å²) in [4.78, 5) is 8.36. The van der Waals surface area contributed by atoms with E-state index >= 15 is 0 Å². The normalized spacial score (nSPS) is 19.6. The largest absolute Gasteiger partial charge is 0.339 e. The highest BCUT2D eigenvalue weighted by Gasteiger charge is 2.18. The van der Waals surface area contributed by atoms with E-state index in [0.717, 1.165) is 18.5 Å². The molecule has 0 spiro atoms. The number of nitrogens with one attached hydrogen (secondary N) is 1. The van der Waals surface area contributed by atoms with Crippen molar-refractivity contribution in [1.82, 2.24) is 20.4 Å². The Morgan fingerprint density at radius 3 is 3.00 bits per heavy atom. The summed E-state index contributed by atoms with van der Waals surface area (Å²) in [5, 5.41) is 7.40. The van der Waals surface area contributed by atoms with Gasteiger partial charge in [0.15, 0.2) is 0 Å². The first-order chi connectivity index (χ1) is 8.42. The van der Waals surface area contributed by atoms with Crippen LogP contribution >= 0.6 is 0 Å². The summed E-state index contributed by atoms with van der Waals surface area (Å²) < 4.78 is 5.26. The molecular weight excluding hydrogens is 216 g/mol. The van der Waals surface area contributed by atoms with E-state index in [1.165, 1.54) is 12.8 Å². The molecule has 3 rings (SSSR count). The maximum Gasteiger partial charge on any atom is 0.228 e. The van der Waals surface area contributed by atoms with Gasteiger partial charge in [-0.2, -0.15) is 4.98 Å². The molecule has 2 aromatic heterocycles. The average molecular weight is 230 g/mol. The lowest BCUT2D eigenvalue weighted by Gasteiger charge is -2.04. The third-order valence-electron chi connectivity index (χ3n) is 2.99. The summed E-state index contributed by atoms with van der Waals surface area (Å²) in [6.07, 6.45) is 6.69. The summed E-state index contributed by atoms with van der Waals surface area (Å²) in [7, 11) is 0. The van der Waals surface area contributed by atoms with Crippen molar-refractivity contribution in [2.24, 2.45) is 0 Å². The second kappa shape index (κ2) is 4.63. The first kappa shape index (κ1) is 10.4. The van der Waals surface area contributed by atoms with Gasteiger partial charge in [0.05, 0.1) is 0 Å². The van der Waals surface area contributed by atoms with Gasteiger partial charge in [0, 0.05) is 30.4 Å². The van der Waals surface area contributed by atoms with Crippen molar-refractivity contribution in [3.05, 3.63) is 30.4 Å². The molecule has 0 amide bonds. The molecule has 1 fully saturated rings. The Labute approximate surface area is 99.3 Å². The molecule has 1 aliphatic heterocycles. The van der Waals surface area contributed by atoms with Crippen LogP contribution in [0, 0.1) is 0 Å². The number of rotatable bonds is 3. The molecule has 1 aliphatic rings. The molecule has 1 N–H and O–H groups in total. The maximum absolute atomic E-state index is 5.26. The Morgan fingerprint density at radius 1 is 1.35 bits per heavy atom. The predicted octanol–water partition coefficient (Wildman–Crippen LogP) is 1.43. The first-order valence-corrected chi connectivity index (χ1v) is 5.88. The number of aromatic nitrogens is 3. The van der Waals surface area contributed by atoms with Crippen molar-refractivity contribution < 1.29 is 4.52 Å². The van der Waals surface area contributed by atoms with Crippen LogP contribution in [0.5, 0.6) is 0 Å². The van der Waals surface area contributed by atoms with Gasteiger partial charge in [0.25, 0.3) is 0 Å². The van der Waals surface area contributed by atoms with E-state index in [9.17, 15) is 0 Å². The lowest BCUT2D eigenvalue weighted by Crippen LogP contribution is -2.23. The lowest BCUT2D eigenvalue weighted by atomic mass is 10.1. The molecule has 5 nitrogen and oxygen atoms in total. The highest BCUT2D eigenvalue weighted by Crippen LogP contribution is 2.16. The number of hydrogen-bond donors (Lipinski definition) is 1. The fourth-order valence-electron chi connectivity index (χ4n) is 2.10. The summed E-state index contributed by atoms with van der Waals surface area (Å²) in [5.74, 6) is 1.34. The van der Waals surface area contributed by atoms with Crippen LogP contribution in [0.1, 0.15) is 18.7 Å². The SMILES string of the molecule is c1cc(-c2noc(CC3CCCN3)n2)ccn1. The van der Waals surface area contributed by atoms with Gasteiger partial charge in [-0.25, -0.2) is 0 Å². The number of nitrogens with zero attached hydrogens (tertiary/aromatic N) is 3. The second-order valence-corrected chi connectivity index (χ2v) is 4.25. The Hall–Kier alpha value is -1.75. The number of hydrogen-bond acceptors (Lipinski definition) is 5. The Balaban J connectivity index is 1.74. The van der Waals surface area contributed by atoms with Gasteiger partial charge in [0.1, 0.15) is 0 Å². The van der Waals surface area contributed by atoms with Crippen LogP contribution in [0.25, 0.3) is 11.4 Å². The molecule has 0 aliphatic carbocycles. The minimum atomic E-state index is 0.487. The molecule has 3 heterocycles. The molecule has 5 heteroatoms. The molecular formula is C12H14N4O. The van der Waals surface area contributed by atoms with E-state index in [0.29, 0.717) is 17.8 Å². The van der Waals surface area contributed by atoms with Crippen molar-refractivity contribution in [1.29, 1.82) is 0 Å². The van der Waals surface area contributed by atoms with Crippen LogP contribution in [-0.2, 0) is 6.42 Å². The van der Waals surface area contributed by atoms with Crippen molar-refractivity contribution in [3.8, 4) is 11.4 Å². The van der Waals surface area contributed by atoms with Crippen LogP contribution in [0.4, 0.5) is 0 Å². The van der Waals surface area contributed by atoms with Crippen molar-refractivity contribution in [3.63, 3.8) is 0 Å². The van der Waals surface area contributed by atoms with E-state index in [1.54, 1.807) is 12.4 Å². The molecule has 0 aromatic carbocycles. The third-order valence-corrected chi connectivity index (χ3v) is 2.99. The Kier molecular flexibility index (Phi) is 2.83. The highest BCUT2D eigenvalue weighted by molar-refractivity contribution is 5.52. The monoisotopic (exact) mass is 230 g/mol. The van der Waals surface area contributed by atoms with E-state index in [-0.39, 0.29) is 0 Å². The first-order valence-electron chi connectivity index (χ1n) is 5.88. The minimum absolute atomic E-state index is 0.487. The summed E-state index contributed by atoms with van der Waals surface area (Å²) in [6, 6.07) is 4.24. The fraction of sp³-hybridized carbons (Fsp3) is 0.417. The van der Waals surface area contributed by atoms with Crippen LogP contribution in [0.3, 0.4) is 0 Å². The standard InChI is InChI=1S/C12H14N4O/c1-2-10(14-5-1)8-11-15-12(16-17-11)9-3-6-13-7-4-9/h3-4,6-7,10,14H,1-2,5,8H2. The molecule has 0 radical (unpaired) electrons. The molecule has 88 valence electrons. The summed E-state index contributed by atoms with van der Waals surface area (Å²) in [5.41, 5.74) is 0.939. The van der Waals surface area contributed by atoms with Gasteiger partial charge in [-0.05, 0) is 31.5 Å². The molecule has 2 aromatic rings. The van der Waals surface area contributed by atoms with Gasteiger partial charge in [-0.1, -0.05) is 5.16 Å². The van der Waals surface area contributed by atoms with E-state index in [1.807, 2.05) is 12.1 Å². The minimum Gasteiger partial charge on any atom is -0.339 e.